The van der Waals surface area contributed by atoms with Crippen molar-refractivity contribution in [2.24, 2.45) is 5.41 Å². The Balaban J connectivity index is 2.72. The zero-order valence-corrected chi connectivity index (χ0v) is 8.04. The monoisotopic (exact) mass is 192 g/mol. The highest BCUT2D eigenvalue weighted by Gasteiger charge is 2.57. The van der Waals surface area contributed by atoms with E-state index in [4.69, 9.17) is 0 Å². The van der Waals surface area contributed by atoms with Gasteiger partial charge < -0.3 is 0 Å². The van der Waals surface area contributed by atoms with Gasteiger partial charge in [-0.1, -0.05) is 18.1 Å². The van der Waals surface area contributed by atoms with Crippen LogP contribution in [-0.2, 0) is 0 Å². The van der Waals surface area contributed by atoms with E-state index in [9.17, 15) is 13.2 Å². The predicted octanol–water partition coefficient (Wildman–Crippen LogP) is 4.08. The molecule has 0 amide bonds. The van der Waals surface area contributed by atoms with Gasteiger partial charge in [-0.15, -0.1) is 0 Å². The summed E-state index contributed by atoms with van der Waals surface area (Å²) in [5, 5.41) is 0. The summed E-state index contributed by atoms with van der Waals surface area (Å²) >= 11 is 0. The van der Waals surface area contributed by atoms with Gasteiger partial charge in [0, 0.05) is 0 Å². The van der Waals surface area contributed by atoms with Gasteiger partial charge in [-0.2, -0.15) is 13.2 Å². The van der Waals surface area contributed by atoms with Gasteiger partial charge in [0.15, 0.2) is 0 Å². The van der Waals surface area contributed by atoms with Gasteiger partial charge in [0.1, 0.15) is 0 Å². The number of alkyl halides is 3. The lowest BCUT2D eigenvalue weighted by atomic mass is 9.65. The van der Waals surface area contributed by atoms with E-state index in [0.717, 1.165) is 12.0 Å². The number of hydrogen-bond donors (Lipinski definition) is 0. The molecule has 0 N–H and O–H groups in total. The van der Waals surface area contributed by atoms with Gasteiger partial charge >= 0.3 is 6.18 Å². The minimum atomic E-state index is -4.02. The van der Waals surface area contributed by atoms with Crippen LogP contribution < -0.4 is 0 Å². The first-order valence-electron chi connectivity index (χ1n) is 4.60. The fourth-order valence-electron chi connectivity index (χ4n) is 1.80. The molecule has 3 heteroatoms. The van der Waals surface area contributed by atoms with E-state index >= 15 is 0 Å². The third-order valence-electron chi connectivity index (χ3n) is 3.02. The van der Waals surface area contributed by atoms with Crippen LogP contribution in [0, 0.1) is 5.41 Å². The summed E-state index contributed by atoms with van der Waals surface area (Å²) in [7, 11) is 0. The normalized spacial score (nSPS) is 22.7. The molecule has 0 saturated heterocycles. The van der Waals surface area contributed by atoms with Gasteiger partial charge in [-0.05, 0) is 33.1 Å². The Kier molecular flexibility index (Phi) is 2.74. The van der Waals surface area contributed by atoms with Crippen LogP contribution in [0.25, 0.3) is 0 Å². The van der Waals surface area contributed by atoms with E-state index in [1.165, 1.54) is 0 Å². The van der Waals surface area contributed by atoms with Crippen LogP contribution in [0.4, 0.5) is 13.2 Å². The van der Waals surface area contributed by atoms with E-state index in [1.54, 1.807) is 19.9 Å². The molecule has 1 aliphatic carbocycles. The van der Waals surface area contributed by atoms with E-state index in [2.05, 4.69) is 0 Å². The third kappa shape index (κ3) is 1.89. The molecule has 0 aromatic carbocycles. The first-order chi connectivity index (χ1) is 5.91. The lowest BCUT2D eigenvalue weighted by Gasteiger charge is -2.43. The number of halogens is 3. The largest absolute Gasteiger partial charge is 0.394 e. The summed E-state index contributed by atoms with van der Waals surface area (Å²) in [4.78, 5) is 0. The maximum atomic E-state index is 12.6. The van der Waals surface area contributed by atoms with Crippen molar-refractivity contribution in [2.45, 2.75) is 45.7 Å². The molecule has 0 atom stereocenters. The maximum absolute atomic E-state index is 12.6. The van der Waals surface area contributed by atoms with E-state index in [-0.39, 0.29) is 6.42 Å². The van der Waals surface area contributed by atoms with Crippen LogP contribution in [0.5, 0.6) is 0 Å². The minimum Gasteiger partial charge on any atom is -0.170 e. The van der Waals surface area contributed by atoms with Gasteiger partial charge in [0.2, 0.25) is 0 Å². The highest BCUT2D eigenvalue weighted by molar-refractivity contribution is 5.06. The Morgan fingerprint density at radius 1 is 1.38 bits per heavy atom. The third-order valence-corrected chi connectivity index (χ3v) is 3.02. The molecule has 1 aliphatic rings. The highest BCUT2D eigenvalue weighted by atomic mass is 19.4. The Hall–Kier alpha value is -0.470. The molecule has 0 aromatic rings. The standard InChI is InChI=1S/C10H15F3/c1-3-8(2)7-9(5-4-6-9)10(11,12)13/h3H,4-7H2,1-2H3. The lowest BCUT2D eigenvalue weighted by Crippen LogP contribution is -2.43. The molecular formula is C10H15F3. The second kappa shape index (κ2) is 3.35. The number of hydrogen-bond acceptors (Lipinski definition) is 0. The van der Waals surface area contributed by atoms with Crippen molar-refractivity contribution in [2.75, 3.05) is 0 Å². The van der Waals surface area contributed by atoms with Gasteiger partial charge in [0.05, 0.1) is 5.41 Å². The Morgan fingerprint density at radius 3 is 2.15 bits per heavy atom. The molecular weight excluding hydrogens is 177 g/mol. The summed E-state index contributed by atoms with van der Waals surface area (Å²) in [6.45, 7) is 3.56. The second-order valence-corrected chi connectivity index (χ2v) is 3.94. The van der Waals surface area contributed by atoms with Crippen LogP contribution in [0.3, 0.4) is 0 Å². The maximum Gasteiger partial charge on any atom is 0.394 e. The van der Waals surface area contributed by atoms with Crippen molar-refractivity contribution in [1.82, 2.24) is 0 Å². The molecule has 0 nitrogen and oxygen atoms in total. The van der Waals surface area contributed by atoms with Crippen molar-refractivity contribution in [3.63, 3.8) is 0 Å². The molecule has 1 saturated carbocycles. The molecule has 1 rings (SSSR count). The Morgan fingerprint density at radius 2 is 1.92 bits per heavy atom. The van der Waals surface area contributed by atoms with Crippen molar-refractivity contribution >= 4 is 0 Å². The average molecular weight is 192 g/mol. The number of rotatable bonds is 2. The zero-order valence-electron chi connectivity index (χ0n) is 8.04. The van der Waals surface area contributed by atoms with Crippen molar-refractivity contribution in [3.8, 4) is 0 Å². The van der Waals surface area contributed by atoms with Crippen molar-refractivity contribution in [3.05, 3.63) is 11.6 Å². The molecule has 0 aromatic heterocycles. The van der Waals surface area contributed by atoms with Gasteiger partial charge in [-0.3, -0.25) is 0 Å². The van der Waals surface area contributed by atoms with Crippen molar-refractivity contribution in [1.29, 1.82) is 0 Å². The molecule has 1 fully saturated rings. The lowest BCUT2D eigenvalue weighted by molar-refractivity contribution is -0.250. The van der Waals surface area contributed by atoms with E-state index in [1.807, 2.05) is 0 Å². The SMILES string of the molecule is CC=C(C)CC1(C(F)(F)F)CCC1. The molecule has 0 spiro atoms. The first kappa shape index (κ1) is 10.6. The molecule has 0 bridgehead atoms. The quantitative estimate of drug-likeness (QED) is 0.578. The first-order valence-corrected chi connectivity index (χ1v) is 4.60. The summed E-state index contributed by atoms with van der Waals surface area (Å²) in [5.74, 6) is 0. The molecule has 0 aliphatic heterocycles. The molecule has 13 heavy (non-hydrogen) atoms. The zero-order chi connectivity index (χ0) is 10.1. The van der Waals surface area contributed by atoms with Gasteiger partial charge in [-0.25, -0.2) is 0 Å². The fraction of sp³-hybridized carbons (Fsp3) is 0.800. The summed E-state index contributed by atoms with van der Waals surface area (Å²) in [6, 6.07) is 0. The highest BCUT2D eigenvalue weighted by Crippen LogP contribution is 2.56. The fourth-order valence-corrected chi connectivity index (χ4v) is 1.80. The predicted molar refractivity (Wildman–Crippen MR) is 46.4 cm³/mol. The van der Waals surface area contributed by atoms with Crippen molar-refractivity contribution < 1.29 is 13.2 Å². The second-order valence-electron chi connectivity index (χ2n) is 3.94. The topological polar surface area (TPSA) is 0 Å². The number of allylic oxidation sites excluding steroid dienone is 2. The van der Waals surface area contributed by atoms with Crippen LogP contribution in [0.1, 0.15) is 39.5 Å². The average Bonchev–Trinajstić information content (AvgIpc) is 1.93. The smallest absolute Gasteiger partial charge is 0.170 e. The Bertz CT molecular complexity index is 209. The molecule has 0 unspecified atom stereocenters. The van der Waals surface area contributed by atoms with E-state index < -0.39 is 11.6 Å². The summed E-state index contributed by atoms with van der Waals surface area (Å²) in [6.07, 6.45) is -0.728. The van der Waals surface area contributed by atoms with Crippen LogP contribution in [0.15, 0.2) is 11.6 Å². The van der Waals surface area contributed by atoms with Crippen LogP contribution in [-0.4, -0.2) is 6.18 Å². The van der Waals surface area contributed by atoms with E-state index in [0.29, 0.717) is 12.8 Å². The Labute approximate surface area is 76.8 Å². The molecule has 76 valence electrons. The van der Waals surface area contributed by atoms with Crippen LogP contribution in [0.2, 0.25) is 0 Å². The minimum absolute atomic E-state index is 0.188. The summed E-state index contributed by atoms with van der Waals surface area (Å²) < 4.78 is 37.9. The molecule has 0 radical (unpaired) electrons. The van der Waals surface area contributed by atoms with Crippen LogP contribution >= 0.6 is 0 Å². The van der Waals surface area contributed by atoms with Gasteiger partial charge in [0.25, 0.3) is 0 Å². The summed E-state index contributed by atoms with van der Waals surface area (Å²) in [5.41, 5.74) is -0.541. The molecule has 0 heterocycles.